The summed E-state index contributed by atoms with van der Waals surface area (Å²) in [6.07, 6.45) is 10.4. The average molecular weight is 151 g/mol. The zero-order valence-electron chi connectivity index (χ0n) is 7.22. The Morgan fingerprint density at radius 2 is 2.45 bits per heavy atom. The van der Waals surface area contributed by atoms with Crippen LogP contribution in [0.25, 0.3) is 0 Å². The van der Waals surface area contributed by atoms with E-state index < -0.39 is 0 Å². The highest BCUT2D eigenvalue weighted by Crippen LogP contribution is 2.19. The van der Waals surface area contributed by atoms with Gasteiger partial charge in [-0.15, -0.1) is 0 Å². The van der Waals surface area contributed by atoms with E-state index in [1.165, 1.54) is 18.4 Å². The molecular weight excluding hydrogens is 134 g/mol. The van der Waals surface area contributed by atoms with Crippen LogP contribution >= 0.6 is 0 Å². The van der Waals surface area contributed by atoms with Crippen molar-refractivity contribution in [2.45, 2.75) is 26.2 Å². The average Bonchev–Trinajstić information content (AvgIpc) is 2.07. The lowest BCUT2D eigenvalue weighted by Crippen LogP contribution is -2.03. The molecule has 1 heteroatoms. The molecule has 0 fully saturated rings. The molecule has 0 saturated carbocycles. The summed E-state index contributed by atoms with van der Waals surface area (Å²) in [5.41, 5.74) is 6.87. The van der Waals surface area contributed by atoms with Crippen molar-refractivity contribution in [2.24, 2.45) is 11.7 Å². The molecule has 62 valence electrons. The van der Waals surface area contributed by atoms with Gasteiger partial charge in [-0.05, 0) is 31.7 Å². The normalized spacial score (nSPS) is 23.5. The SMILES string of the molecule is CCC1C=CC(CCN)=CC1. The molecule has 2 N–H and O–H groups in total. The quantitative estimate of drug-likeness (QED) is 0.657. The molecule has 11 heavy (non-hydrogen) atoms. The molecular formula is C10H17N. The monoisotopic (exact) mass is 151 g/mol. The highest BCUT2D eigenvalue weighted by molar-refractivity contribution is 5.23. The number of hydrogen-bond donors (Lipinski definition) is 1. The smallest absolute Gasteiger partial charge is 0.00368 e. The van der Waals surface area contributed by atoms with E-state index in [-0.39, 0.29) is 0 Å². The van der Waals surface area contributed by atoms with Crippen LogP contribution in [0.4, 0.5) is 0 Å². The summed E-state index contributed by atoms with van der Waals surface area (Å²) in [6.45, 7) is 3.00. The second-order valence-corrected chi connectivity index (χ2v) is 3.08. The standard InChI is InChI=1S/C10H17N/c1-2-9-3-5-10(6-4-9)7-8-11/h3,5-6,9H,2,4,7-8,11H2,1H3. The molecule has 0 aromatic heterocycles. The van der Waals surface area contributed by atoms with Crippen molar-refractivity contribution < 1.29 is 0 Å². The van der Waals surface area contributed by atoms with E-state index >= 15 is 0 Å². The Morgan fingerprint density at radius 1 is 1.64 bits per heavy atom. The van der Waals surface area contributed by atoms with Crippen LogP contribution in [-0.4, -0.2) is 6.54 Å². The molecule has 0 heterocycles. The van der Waals surface area contributed by atoms with E-state index in [1.807, 2.05) is 0 Å². The van der Waals surface area contributed by atoms with Gasteiger partial charge >= 0.3 is 0 Å². The first-order valence-corrected chi connectivity index (χ1v) is 4.44. The maximum atomic E-state index is 5.45. The third-order valence-corrected chi connectivity index (χ3v) is 2.22. The lowest BCUT2D eigenvalue weighted by Gasteiger charge is -2.13. The number of nitrogens with two attached hydrogens (primary N) is 1. The Hall–Kier alpha value is -0.560. The van der Waals surface area contributed by atoms with Crippen LogP contribution in [0, 0.1) is 5.92 Å². The largest absolute Gasteiger partial charge is 0.330 e. The third-order valence-electron chi connectivity index (χ3n) is 2.22. The van der Waals surface area contributed by atoms with E-state index in [2.05, 4.69) is 25.2 Å². The van der Waals surface area contributed by atoms with Crippen molar-refractivity contribution in [2.75, 3.05) is 6.54 Å². The van der Waals surface area contributed by atoms with Gasteiger partial charge in [0.05, 0.1) is 0 Å². The van der Waals surface area contributed by atoms with Crippen molar-refractivity contribution in [1.82, 2.24) is 0 Å². The molecule has 0 aromatic rings. The number of rotatable bonds is 3. The maximum absolute atomic E-state index is 5.45. The van der Waals surface area contributed by atoms with Gasteiger partial charge in [0.1, 0.15) is 0 Å². The van der Waals surface area contributed by atoms with Gasteiger partial charge in [-0.3, -0.25) is 0 Å². The molecule has 1 rings (SSSR count). The van der Waals surface area contributed by atoms with Gasteiger partial charge < -0.3 is 5.73 Å². The van der Waals surface area contributed by atoms with E-state index in [0.29, 0.717) is 0 Å². The van der Waals surface area contributed by atoms with Crippen molar-refractivity contribution in [1.29, 1.82) is 0 Å². The highest BCUT2D eigenvalue weighted by atomic mass is 14.5. The van der Waals surface area contributed by atoms with Gasteiger partial charge in [0.15, 0.2) is 0 Å². The summed E-state index contributed by atoms with van der Waals surface area (Å²) < 4.78 is 0. The Bertz CT molecular complexity index is 168. The fourth-order valence-corrected chi connectivity index (χ4v) is 1.36. The number of allylic oxidation sites excluding steroid dienone is 3. The minimum atomic E-state index is 0.771. The molecule has 0 amide bonds. The molecule has 1 unspecified atom stereocenters. The van der Waals surface area contributed by atoms with Gasteiger partial charge in [-0.2, -0.15) is 0 Å². The minimum absolute atomic E-state index is 0.771. The molecule has 0 radical (unpaired) electrons. The van der Waals surface area contributed by atoms with E-state index in [4.69, 9.17) is 5.73 Å². The predicted molar refractivity (Wildman–Crippen MR) is 49.3 cm³/mol. The van der Waals surface area contributed by atoms with Crippen LogP contribution in [-0.2, 0) is 0 Å². The van der Waals surface area contributed by atoms with E-state index in [1.54, 1.807) is 0 Å². The predicted octanol–water partition coefficient (Wildman–Crippen LogP) is 2.25. The van der Waals surface area contributed by atoms with Gasteiger partial charge in [0, 0.05) is 0 Å². The van der Waals surface area contributed by atoms with Crippen LogP contribution < -0.4 is 5.73 Å². The summed E-state index contributed by atoms with van der Waals surface area (Å²) in [7, 11) is 0. The molecule has 1 aliphatic carbocycles. The van der Waals surface area contributed by atoms with Crippen molar-refractivity contribution in [3.8, 4) is 0 Å². The van der Waals surface area contributed by atoms with Crippen LogP contribution in [0.2, 0.25) is 0 Å². The second-order valence-electron chi connectivity index (χ2n) is 3.08. The van der Waals surface area contributed by atoms with Gasteiger partial charge in [0.25, 0.3) is 0 Å². The molecule has 0 aliphatic heterocycles. The van der Waals surface area contributed by atoms with Gasteiger partial charge in [-0.25, -0.2) is 0 Å². The Morgan fingerprint density at radius 3 is 2.91 bits per heavy atom. The summed E-state index contributed by atoms with van der Waals surface area (Å²) >= 11 is 0. The summed E-state index contributed by atoms with van der Waals surface area (Å²) in [6, 6.07) is 0. The molecule has 1 aliphatic rings. The van der Waals surface area contributed by atoms with Crippen LogP contribution in [0.15, 0.2) is 23.8 Å². The highest BCUT2D eigenvalue weighted by Gasteiger charge is 2.04. The van der Waals surface area contributed by atoms with Gasteiger partial charge in [-0.1, -0.05) is 30.7 Å². The Kier molecular flexibility index (Phi) is 3.37. The fraction of sp³-hybridized carbons (Fsp3) is 0.600. The summed E-state index contributed by atoms with van der Waals surface area (Å²) in [4.78, 5) is 0. The molecule has 0 aromatic carbocycles. The number of hydrogen-bond acceptors (Lipinski definition) is 1. The second kappa shape index (κ2) is 4.35. The molecule has 1 atom stereocenters. The molecule has 0 spiro atoms. The van der Waals surface area contributed by atoms with E-state index in [9.17, 15) is 0 Å². The topological polar surface area (TPSA) is 26.0 Å². The van der Waals surface area contributed by atoms with Crippen LogP contribution in [0.5, 0.6) is 0 Å². The zero-order chi connectivity index (χ0) is 8.10. The Balaban J connectivity index is 2.39. The molecule has 0 saturated heterocycles. The summed E-state index contributed by atoms with van der Waals surface area (Å²) in [5.74, 6) is 0.775. The van der Waals surface area contributed by atoms with Crippen LogP contribution in [0.3, 0.4) is 0 Å². The molecule has 1 nitrogen and oxygen atoms in total. The van der Waals surface area contributed by atoms with Crippen molar-refractivity contribution in [3.63, 3.8) is 0 Å². The first-order valence-electron chi connectivity index (χ1n) is 4.44. The van der Waals surface area contributed by atoms with Gasteiger partial charge in [0.2, 0.25) is 0 Å². The lowest BCUT2D eigenvalue weighted by atomic mass is 9.93. The maximum Gasteiger partial charge on any atom is -0.00368 e. The Labute approximate surface area is 69.0 Å². The first kappa shape index (κ1) is 8.54. The van der Waals surface area contributed by atoms with Crippen molar-refractivity contribution in [3.05, 3.63) is 23.8 Å². The zero-order valence-corrected chi connectivity index (χ0v) is 7.22. The third kappa shape index (κ3) is 2.51. The lowest BCUT2D eigenvalue weighted by molar-refractivity contribution is 0.627. The summed E-state index contributed by atoms with van der Waals surface area (Å²) in [5, 5.41) is 0. The molecule has 0 bridgehead atoms. The fourth-order valence-electron chi connectivity index (χ4n) is 1.36. The van der Waals surface area contributed by atoms with Crippen molar-refractivity contribution >= 4 is 0 Å². The van der Waals surface area contributed by atoms with E-state index in [0.717, 1.165) is 18.9 Å². The van der Waals surface area contributed by atoms with Crippen LogP contribution in [0.1, 0.15) is 26.2 Å². The minimum Gasteiger partial charge on any atom is -0.330 e. The first-order chi connectivity index (χ1) is 5.36.